The van der Waals surface area contributed by atoms with Crippen molar-refractivity contribution >= 4 is 11.9 Å². The third-order valence-corrected chi connectivity index (χ3v) is 5.18. The van der Waals surface area contributed by atoms with E-state index >= 15 is 0 Å². The van der Waals surface area contributed by atoms with E-state index in [0.29, 0.717) is 18.2 Å². The highest BCUT2D eigenvalue weighted by atomic mass is 16.5. The number of ether oxygens (including phenoxy) is 1. The molecule has 132 valence electrons. The number of anilines is 1. The molecule has 2 aliphatic rings. The number of nitrogens with one attached hydrogen (secondary N) is 1. The summed E-state index contributed by atoms with van der Waals surface area (Å²) >= 11 is 0. The van der Waals surface area contributed by atoms with Crippen molar-refractivity contribution < 1.29 is 9.53 Å². The lowest BCUT2D eigenvalue weighted by atomic mass is 9.79. The maximum Gasteiger partial charge on any atom is 0.269 e. The third-order valence-electron chi connectivity index (χ3n) is 5.18. The summed E-state index contributed by atoms with van der Waals surface area (Å²) in [4.78, 5) is 22.9. The van der Waals surface area contributed by atoms with Gasteiger partial charge in [-0.1, -0.05) is 0 Å². The molecule has 8 heteroatoms. The molecule has 2 aromatic heterocycles. The van der Waals surface area contributed by atoms with Crippen molar-refractivity contribution in [3.05, 3.63) is 36.4 Å². The van der Waals surface area contributed by atoms with Crippen LogP contribution in [0.2, 0.25) is 0 Å². The molecule has 8 nitrogen and oxygen atoms in total. The number of carbonyl (C=O) groups is 1. The maximum atomic E-state index is 12.2. The highest BCUT2D eigenvalue weighted by Crippen LogP contribution is 2.42. The third kappa shape index (κ3) is 2.97. The molecule has 1 amide bonds. The van der Waals surface area contributed by atoms with E-state index in [0.717, 1.165) is 38.5 Å². The van der Waals surface area contributed by atoms with Crippen LogP contribution in [-0.4, -0.2) is 57.5 Å². The predicted octanol–water partition coefficient (Wildman–Crippen LogP) is 0.625. The van der Waals surface area contributed by atoms with E-state index in [1.165, 1.54) is 0 Å². The lowest BCUT2D eigenvalue weighted by molar-refractivity contribution is -0.0459. The summed E-state index contributed by atoms with van der Waals surface area (Å²) in [6.07, 6.45) is 7.09. The largest absolute Gasteiger partial charge is 0.371 e. The Morgan fingerprint density at radius 3 is 2.88 bits per heavy atom. The quantitative estimate of drug-likeness (QED) is 0.858. The molecule has 2 aliphatic heterocycles. The molecule has 25 heavy (non-hydrogen) atoms. The smallest absolute Gasteiger partial charge is 0.269 e. The molecular weight excluding hydrogens is 320 g/mol. The molecule has 4 rings (SSSR count). The Morgan fingerprint density at radius 2 is 2.16 bits per heavy atom. The monoisotopic (exact) mass is 342 g/mol. The van der Waals surface area contributed by atoms with Crippen LogP contribution in [0.3, 0.4) is 0 Å². The van der Waals surface area contributed by atoms with Gasteiger partial charge >= 0.3 is 0 Å². The van der Waals surface area contributed by atoms with Crippen molar-refractivity contribution in [1.29, 1.82) is 0 Å². The van der Waals surface area contributed by atoms with E-state index in [9.17, 15) is 4.79 Å². The fourth-order valence-electron chi connectivity index (χ4n) is 3.79. The molecule has 1 unspecified atom stereocenters. The van der Waals surface area contributed by atoms with Gasteiger partial charge in [-0.15, -0.1) is 0 Å². The number of aromatic nitrogens is 4. The van der Waals surface area contributed by atoms with Crippen LogP contribution in [0, 0.1) is 5.92 Å². The van der Waals surface area contributed by atoms with E-state index in [1.54, 1.807) is 36.4 Å². The van der Waals surface area contributed by atoms with Gasteiger partial charge in [0.1, 0.15) is 11.3 Å². The van der Waals surface area contributed by atoms with Crippen molar-refractivity contribution in [1.82, 2.24) is 25.1 Å². The Bertz CT molecular complexity index is 741. The average Bonchev–Trinajstić information content (AvgIpc) is 3.20. The van der Waals surface area contributed by atoms with Gasteiger partial charge in [-0.2, -0.15) is 5.10 Å². The molecule has 0 bridgehead atoms. The molecule has 0 saturated carbocycles. The molecular formula is C17H22N6O2. The van der Waals surface area contributed by atoms with Crippen molar-refractivity contribution in [3.63, 3.8) is 0 Å². The average molecular weight is 342 g/mol. The first kappa shape index (κ1) is 16.0. The summed E-state index contributed by atoms with van der Waals surface area (Å²) in [6, 6.07) is 3.54. The summed E-state index contributed by atoms with van der Waals surface area (Å²) < 4.78 is 7.65. The van der Waals surface area contributed by atoms with Crippen LogP contribution < -0.4 is 10.2 Å². The zero-order valence-electron chi connectivity index (χ0n) is 14.3. The van der Waals surface area contributed by atoms with Crippen LogP contribution in [0.15, 0.2) is 30.7 Å². The summed E-state index contributed by atoms with van der Waals surface area (Å²) in [7, 11) is 1.77. The van der Waals surface area contributed by atoms with Gasteiger partial charge in [0, 0.05) is 38.8 Å². The highest BCUT2D eigenvalue weighted by molar-refractivity contribution is 5.92. The molecule has 2 saturated heterocycles. The zero-order valence-corrected chi connectivity index (χ0v) is 14.3. The van der Waals surface area contributed by atoms with Gasteiger partial charge in [0.05, 0.1) is 13.1 Å². The Kier molecular flexibility index (Phi) is 4.12. The Balaban J connectivity index is 1.30. The van der Waals surface area contributed by atoms with E-state index in [-0.39, 0.29) is 11.5 Å². The van der Waals surface area contributed by atoms with E-state index < -0.39 is 0 Å². The van der Waals surface area contributed by atoms with Gasteiger partial charge < -0.3 is 15.0 Å². The van der Waals surface area contributed by atoms with Crippen molar-refractivity contribution in [3.8, 4) is 0 Å². The molecule has 1 spiro atoms. The molecule has 2 aromatic rings. The number of aryl methyl sites for hydroxylation is 1. The number of amides is 1. The second-order valence-corrected chi connectivity index (χ2v) is 6.69. The Hall–Kier alpha value is -2.48. The minimum absolute atomic E-state index is 0.0825. The van der Waals surface area contributed by atoms with Crippen LogP contribution in [0.1, 0.15) is 23.3 Å². The summed E-state index contributed by atoms with van der Waals surface area (Å²) in [6.45, 7) is 3.06. The second kappa shape index (κ2) is 6.44. The first-order valence-electron chi connectivity index (χ1n) is 8.60. The number of rotatable bonds is 5. The molecule has 0 aliphatic carbocycles. The molecule has 4 heterocycles. The summed E-state index contributed by atoms with van der Waals surface area (Å²) in [5, 5.41) is 7.01. The van der Waals surface area contributed by atoms with Crippen molar-refractivity contribution in [2.75, 3.05) is 31.1 Å². The molecule has 2 fully saturated rings. The topological polar surface area (TPSA) is 85.2 Å². The number of nitrogens with zero attached hydrogens (tertiary/aromatic N) is 5. The zero-order chi connectivity index (χ0) is 17.3. The molecule has 1 atom stereocenters. The van der Waals surface area contributed by atoms with E-state index in [2.05, 4.69) is 25.3 Å². The van der Waals surface area contributed by atoms with Gasteiger partial charge in [-0.3, -0.25) is 9.48 Å². The lowest BCUT2D eigenvalue weighted by Gasteiger charge is -2.50. The van der Waals surface area contributed by atoms with Crippen LogP contribution in [0.4, 0.5) is 5.95 Å². The minimum Gasteiger partial charge on any atom is -0.371 e. The van der Waals surface area contributed by atoms with Crippen LogP contribution in [0.25, 0.3) is 0 Å². The predicted molar refractivity (Wildman–Crippen MR) is 91.2 cm³/mol. The highest BCUT2D eigenvalue weighted by Gasteiger charge is 2.53. The maximum absolute atomic E-state index is 12.2. The van der Waals surface area contributed by atoms with Gasteiger partial charge in [0.15, 0.2) is 0 Å². The van der Waals surface area contributed by atoms with E-state index in [4.69, 9.17) is 4.74 Å². The summed E-state index contributed by atoms with van der Waals surface area (Å²) in [5.41, 5.74) is 0.463. The fourth-order valence-corrected chi connectivity index (χ4v) is 3.79. The van der Waals surface area contributed by atoms with Crippen molar-refractivity contribution in [2.45, 2.75) is 18.4 Å². The fraction of sp³-hybridized carbons (Fsp3) is 0.529. The standard InChI is InChI=1S/C17H22N6O2/c1-22-14(4-9-21-22)15(24)18-8-3-13-5-10-25-17(13)11-23(12-17)16-19-6-2-7-20-16/h2,4,6-7,9,13H,3,5,8,10-12H2,1H3,(H,18,24). The number of hydrogen-bond donors (Lipinski definition) is 1. The molecule has 1 N–H and O–H groups in total. The Morgan fingerprint density at radius 1 is 1.36 bits per heavy atom. The van der Waals surface area contributed by atoms with Gasteiger partial charge in [-0.05, 0) is 30.9 Å². The first-order valence-corrected chi connectivity index (χ1v) is 8.60. The van der Waals surface area contributed by atoms with Gasteiger partial charge in [0.25, 0.3) is 5.91 Å². The SMILES string of the molecule is Cn1nccc1C(=O)NCCC1CCOC12CN(c1ncccn1)C2. The number of hydrogen-bond acceptors (Lipinski definition) is 6. The molecule has 0 radical (unpaired) electrons. The minimum atomic E-state index is -0.115. The first-order chi connectivity index (χ1) is 12.2. The van der Waals surface area contributed by atoms with Gasteiger partial charge in [-0.25, -0.2) is 9.97 Å². The van der Waals surface area contributed by atoms with Crippen LogP contribution in [-0.2, 0) is 11.8 Å². The summed E-state index contributed by atoms with van der Waals surface area (Å²) in [5.74, 6) is 1.12. The Labute approximate surface area is 146 Å². The van der Waals surface area contributed by atoms with Crippen LogP contribution >= 0.6 is 0 Å². The van der Waals surface area contributed by atoms with E-state index in [1.807, 2.05) is 6.07 Å². The van der Waals surface area contributed by atoms with Crippen LogP contribution in [0.5, 0.6) is 0 Å². The molecule has 0 aromatic carbocycles. The number of carbonyl (C=O) groups excluding carboxylic acids is 1. The van der Waals surface area contributed by atoms with Gasteiger partial charge in [0.2, 0.25) is 5.95 Å². The second-order valence-electron chi connectivity index (χ2n) is 6.69. The lowest BCUT2D eigenvalue weighted by Crippen LogP contribution is -2.65. The van der Waals surface area contributed by atoms with Crippen molar-refractivity contribution in [2.24, 2.45) is 13.0 Å². The normalized spacial score (nSPS) is 21.3.